The van der Waals surface area contributed by atoms with Crippen LogP contribution in [0.15, 0.2) is 48.9 Å². The third-order valence-electron chi connectivity index (χ3n) is 3.75. The van der Waals surface area contributed by atoms with E-state index in [0.29, 0.717) is 40.3 Å². The number of anilines is 3. The average Bonchev–Trinajstić information content (AvgIpc) is 2.73. The largest absolute Gasteiger partial charge is 0.493 e. The van der Waals surface area contributed by atoms with E-state index in [9.17, 15) is 4.79 Å². The maximum Gasteiger partial charge on any atom is 0.255 e. The summed E-state index contributed by atoms with van der Waals surface area (Å²) < 4.78 is 15.9. The number of nitrogens with one attached hydrogen (secondary N) is 2. The van der Waals surface area contributed by atoms with E-state index >= 15 is 0 Å². The molecule has 1 amide bonds. The van der Waals surface area contributed by atoms with E-state index in [4.69, 9.17) is 14.2 Å². The Morgan fingerprint density at radius 2 is 1.57 bits per heavy atom. The van der Waals surface area contributed by atoms with Gasteiger partial charge in [0.1, 0.15) is 5.82 Å². The Hall–Kier alpha value is -3.88. The molecule has 28 heavy (non-hydrogen) atoms. The van der Waals surface area contributed by atoms with E-state index in [0.717, 1.165) is 0 Å². The summed E-state index contributed by atoms with van der Waals surface area (Å²) in [5, 5.41) is 5.75. The van der Waals surface area contributed by atoms with Gasteiger partial charge in [0.2, 0.25) is 11.7 Å². The van der Waals surface area contributed by atoms with E-state index in [-0.39, 0.29) is 5.91 Å². The molecular weight excluding hydrogens is 362 g/mol. The number of amides is 1. The van der Waals surface area contributed by atoms with Gasteiger partial charge in [0.05, 0.1) is 21.3 Å². The van der Waals surface area contributed by atoms with Crippen molar-refractivity contribution in [3.8, 4) is 17.2 Å². The first-order chi connectivity index (χ1) is 13.6. The fourth-order valence-corrected chi connectivity index (χ4v) is 2.47. The van der Waals surface area contributed by atoms with Crippen LogP contribution in [0.2, 0.25) is 0 Å². The minimum Gasteiger partial charge on any atom is -0.493 e. The number of carbonyl (C=O) groups excluding carboxylic acids is 1. The lowest BCUT2D eigenvalue weighted by molar-refractivity contribution is 0.102. The molecule has 0 radical (unpaired) electrons. The number of hydrogen-bond acceptors (Lipinski definition) is 8. The van der Waals surface area contributed by atoms with Crippen molar-refractivity contribution in [1.29, 1.82) is 0 Å². The minimum atomic E-state index is -0.325. The van der Waals surface area contributed by atoms with Crippen molar-refractivity contribution in [3.63, 3.8) is 0 Å². The molecule has 3 aromatic rings. The molecule has 2 heterocycles. The van der Waals surface area contributed by atoms with Gasteiger partial charge in [-0.3, -0.25) is 4.79 Å². The van der Waals surface area contributed by atoms with Crippen LogP contribution >= 0.6 is 0 Å². The van der Waals surface area contributed by atoms with Crippen LogP contribution in [0.25, 0.3) is 0 Å². The maximum atomic E-state index is 12.7. The van der Waals surface area contributed by atoms with E-state index in [1.54, 1.807) is 42.7 Å². The summed E-state index contributed by atoms with van der Waals surface area (Å²) in [7, 11) is 4.53. The lowest BCUT2D eigenvalue weighted by Crippen LogP contribution is -2.13. The molecule has 0 spiro atoms. The molecule has 144 valence electrons. The average molecular weight is 381 g/mol. The lowest BCUT2D eigenvalue weighted by atomic mass is 10.2. The third kappa shape index (κ3) is 4.26. The fourth-order valence-electron chi connectivity index (χ4n) is 2.47. The van der Waals surface area contributed by atoms with Crippen molar-refractivity contribution >= 4 is 23.4 Å². The van der Waals surface area contributed by atoms with Gasteiger partial charge in [-0.2, -0.15) is 0 Å². The standard InChI is InChI=1S/C19H19N5O4/c1-26-14-10-13(11-15(27-2)17(14)28-3)23-18(25)12-5-8-20-16(9-12)24-19-21-6-4-7-22-19/h4-11H,1-3H3,(H,23,25)(H,20,21,22,24). The quantitative estimate of drug-likeness (QED) is 0.643. The number of ether oxygens (including phenoxy) is 3. The number of methoxy groups -OCH3 is 3. The van der Waals surface area contributed by atoms with Crippen molar-refractivity contribution in [2.24, 2.45) is 0 Å². The monoisotopic (exact) mass is 381 g/mol. The summed E-state index contributed by atoms with van der Waals surface area (Å²) in [4.78, 5) is 25.0. The van der Waals surface area contributed by atoms with E-state index in [1.807, 2.05) is 0 Å². The molecule has 0 bridgehead atoms. The number of carbonyl (C=O) groups is 1. The van der Waals surface area contributed by atoms with Gasteiger partial charge in [-0.1, -0.05) is 0 Å². The highest BCUT2D eigenvalue weighted by atomic mass is 16.5. The Bertz CT molecular complexity index is 941. The van der Waals surface area contributed by atoms with Gasteiger partial charge in [0.15, 0.2) is 11.5 Å². The van der Waals surface area contributed by atoms with Crippen LogP contribution in [-0.2, 0) is 0 Å². The summed E-state index contributed by atoms with van der Waals surface area (Å²) >= 11 is 0. The van der Waals surface area contributed by atoms with Crippen LogP contribution < -0.4 is 24.8 Å². The highest BCUT2D eigenvalue weighted by Gasteiger charge is 2.15. The molecule has 1 aromatic carbocycles. The third-order valence-corrected chi connectivity index (χ3v) is 3.75. The predicted octanol–water partition coefficient (Wildman–Crippen LogP) is 2.89. The SMILES string of the molecule is COc1cc(NC(=O)c2ccnc(Nc3ncccn3)c2)cc(OC)c1OC. The van der Waals surface area contributed by atoms with Crippen LogP contribution in [0.3, 0.4) is 0 Å². The van der Waals surface area contributed by atoms with Gasteiger partial charge in [-0.25, -0.2) is 15.0 Å². The molecule has 0 aliphatic rings. The van der Waals surface area contributed by atoms with Crippen molar-refractivity contribution in [2.75, 3.05) is 32.0 Å². The van der Waals surface area contributed by atoms with Crippen LogP contribution in [-0.4, -0.2) is 42.2 Å². The topological polar surface area (TPSA) is 107 Å². The predicted molar refractivity (Wildman–Crippen MR) is 104 cm³/mol. The highest BCUT2D eigenvalue weighted by molar-refractivity contribution is 6.05. The molecule has 0 aliphatic heterocycles. The Labute approximate surface area is 161 Å². The lowest BCUT2D eigenvalue weighted by Gasteiger charge is -2.14. The number of pyridine rings is 1. The fraction of sp³-hybridized carbons (Fsp3) is 0.158. The van der Waals surface area contributed by atoms with Gasteiger partial charge in [-0.05, 0) is 18.2 Å². The number of hydrogen-bond donors (Lipinski definition) is 2. The second-order valence-electron chi connectivity index (χ2n) is 5.50. The van der Waals surface area contributed by atoms with Gasteiger partial charge in [-0.15, -0.1) is 0 Å². The summed E-state index contributed by atoms with van der Waals surface area (Å²) in [6, 6.07) is 8.21. The van der Waals surface area contributed by atoms with Gasteiger partial charge >= 0.3 is 0 Å². The maximum absolute atomic E-state index is 12.7. The molecule has 0 unspecified atom stereocenters. The van der Waals surface area contributed by atoms with E-state index in [1.165, 1.54) is 27.5 Å². The molecule has 0 saturated carbocycles. The van der Waals surface area contributed by atoms with Crippen LogP contribution in [0.5, 0.6) is 17.2 Å². The molecule has 3 rings (SSSR count). The number of aromatic nitrogens is 3. The van der Waals surface area contributed by atoms with Crippen molar-refractivity contribution < 1.29 is 19.0 Å². The second-order valence-corrected chi connectivity index (χ2v) is 5.50. The Morgan fingerprint density at radius 3 is 2.18 bits per heavy atom. The summed E-state index contributed by atoms with van der Waals surface area (Å²) in [6.45, 7) is 0. The van der Waals surface area contributed by atoms with Gasteiger partial charge < -0.3 is 24.8 Å². The number of rotatable bonds is 7. The molecule has 0 aliphatic carbocycles. The molecule has 0 saturated heterocycles. The summed E-state index contributed by atoms with van der Waals surface area (Å²) in [5.41, 5.74) is 0.902. The summed E-state index contributed by atoms with van der Waals surface area (Å²) in [6.07, 6.45) is 4.74. The Kier molecular flexibility index (Phi) is 5.85. The molecule has 9 nitrogen and oxygen atoms in total. The zero-order valence-electron chi connectivity index (χ0n) is 15.6. The minimum absolute atomic E-state index is 0.325. The van der Waals surface area contributed by atoms with Crippen LogP contribution in [0.4, 0.5) is 17.5 Å². The number of benzene rings is 1. The Morgan fingerprint density at radius 1 is 0.893 bits per heavy atom. The normalized spacial score (nSPS) is 10.1. The first-order valence-corrected chi connectivity index (χ1v) is 8.26. The molecule has 0 fully saturated rings. The summed E-state index contributed by atoms with van der Waals surface area (Å²) in [5.74, 6) is 1.84. The van der Waals surface area contributed by atoms with Crippen molar-refractivity contribution in [3.05, 3.63) is 54.5 Å². The van der Waals surface area contributed by atoms with Crippen molar-refractivity contribution in [2.45, 2.75) is 0 Å². The van der Waals surface area contributed by atoms with Crippen LogP contribution in [0.1, 0.15) is 10.4 Å². The first-order valence-electron chi connectivity index (χ1n) is 8.26. The molecule has 2 N–H and O–H groups in total. The highest BCUT2D eigenvalue weighted by Crippen LogP contribution is 2.40. The van der Waals surface area contributed by atoms with Gasteiger partial charge in [0, 0.05) is 42.0 Å². The molecular formula is C19H19N5O4. The first kappa shape index (κ1) is 18.9. The van der Waals surface area contributed by atoms with Gasteiger partial charge in [0.25, 0.3) is 5.91 Å². The molecule has 9 heteroatoms. The zero-order valence-corrected chi connectivity index (χ0v) is 15.6. The van der Waals surface area contributed by atoms with Crippen molar-refractivity contribution in [1.82, 2.24) is 15.0 Å². The Balaban J connectivity index is 1.81. The zero-order chi connectivity index (χ0) is 19.9. The smallest absolute Gasteiger partial charge is 0.255 e. The second kappa shape index (κ2) is 8.67. The molecule has 0 atom stereocenters. The van der Waals surface area contributed by atoms with E-state index in [2.05, 4.69) is 25.6 Å². The molecule has 2 aromatic heterocycles. The van der Waals surface area contributed by atoms with E-state index < -0.39 is 0 Å². The number of nitrogens with zero attached hydrogens (tertiary/aromatic N) is 3. The van der Waals surface area contributed by atoms with Crippen LogP contribution in [0, 0.1) is 0 Å².